The molecule has 2 aromatic heterocycles. The van der Waals surface area contributed by atoms with Crippen LogP contribution in [0.3, 0.4) is 0 Å². The Balaban J connectivity index is 0.000000193. The van der Waals surface area contributed by atoms with Gasteiger partial charge in [-0.3, -0.25) is 14.2 Å². The topological polar surface area (TPSA) is 159 Å². The number of carbonyl (C=O) groups is 1. The molecule has 0 spiro atoms. The standard InChI is InChI=1S/C20H23N3O3S.C6H9N3O2S/c24-20(22-27(25,26)16-11-21-23(12-16)15-7-8-15)10-19-17-5-1-3-13(17)9-14-4-2-6-18(14)19;7-12(10,11)6-3-8-9(4-6)5-1-2-5/h9,11-12,15H,1-8,10H2,(H,22,24);3-5H,1-2H2,(H2,7,10,11). The molecule has 39 heavy (non-hydrogen) atoms. The van der Waals surface area contributed by atoms with Crippen molar-refractivity contribution in [1.82, 2.24) is 24.3 Å². The Kier molecular flexibility index (Phi) is 6.63. The van der Waals surface area contributed by atoms with E-state index in [-0.39, 0.29) is 16.2 Å². The number of hydrogen-bond acceptors (Lipinski definition) is 7. The maximum Gasteiger partial charge on any atom is 0.267 e. The van der Waals surface area contributed by atoms with Crippen LogP contribution in [-0.4, -0.2) is 42.3 Å². The third-order valence-corrected chi connectivity index (χ3v) is 10.0. The van der Waals surface area contributed by atoms with Gasteiger partial charge in [0.1, 0.15) is 9.79 Å². The normalized spacial score (nSPS) is 18.3. The molecule has 2 saturated carbocycles. The summed E-state index contributed by atoms with van der Waals surface area (Å²) in [6, 6.07) is 3.01. The van der Waals surface area contributed by atoms with Crippen molar-refractivity contribution < 1.29 is 21.6 Å². The van der Waals surface area contributed by atoms with Gasteiger partial charge in [0.2, 0.25) is 15.9 Å². The molecule has 0 aliphatic heterocycles. The van der Waals surface area contributed by atoms with Crippen molar-refractivity contribution in [3.8, 4) is 0 Å². The lowest BCUT2D eigenvalue weighted by molar-refractivity contribution is -0.118. The highest BCUT2D eigenvalue weighted by atomic mass is 32.2. The number of nitrogens with zero attached hydrogens (tertiary/aromatic N) is 4. The van der Waals surface area contributed by atoms with Crippen LogP contribution in [0.2, 0.25) is 0 Å². The number of nitrogens with one attached hydrogen (secondary N) is 1. The van der Waals surface area contributed by atoms with Crippen LogP contribution >= 0.6 is 0 Å². The minimum absolute atomic E-state index is 0.0614. The first-order valence-corrected chi connectivity index (χ1v) is 16.4. The van der Waals surface area contributed by atoms with E-state index in [1.54, 1.807) is 9.36 Å². The molecule has 2 fully saturated rings. The summed E-state index contributed by atoms with van der Waals surface area (Å²) >= 11 is 0. The molecule has 0 saturated heterocycles. The molecular weight excluding hydrogens is 540 g/mol. The van der Waals surface area contributed by atoms with Gasteiger partial charge in [0.25, 0.3) is 10.0 Å². The van der Waals surface area contributed by atoms with Gasteiger partial charge in [-0.25, -0.2) is 26.7 Å². The Bertz CT molecular complexity index is 1620. The van der Waals surface area contributed by atoms with Crippen LogP contribution < -0.4 is 9.86 Å². The first kappa shape index (κ1) is 26.2. The number of aromatic nitrogens is 4. The maximum atomic E-state index is 12.6. The van der Waals surface area contributed by atoms with Gasteiger partial charge >= 0.3 is 0 Å². The molecular formula is C26H32N6O5S2. The van der Waals surface area contributed by atoms with Gasteiger partial charge in [-0.1, -0.05) is 6.07 Å². The number of rotatable bonds is 7. The SMILES string of the molecule is NS(=O)(=O)c1cnn(C2CC2)c1.O=C(Cc1c2c(cc3c1CCC3)CCC2)NS(=O)(=O)c1cnn(C2CC2)c1. The van der Waals surface area contributed by atoms with Crippen molar-refractivity contribution in [2.45, 2.75) is 92.5 Å². The molecule has 1 amide bonds. The van der Waals surface area contributed by atoms with Crippen molar-refractivity contribution in [3.63, 3.8) is 0 Å². The second kappa shape index (κ2) is 9.86. The predicted molar refractivity (Wildman–Crippen MR) is 142 cm³/mol. The smallest absolute Gasteiger partial charge is 0.267 e. The van der Waals surface area contributed by atoms with Crippen LogP contribution in [0, 0.1) is 0 Å². The molecule has 4 aliphatic rings. The van der Waals surface area contributed by atoms with Gasteiger partial charge < -0.3 is 0 Å². The number of fused-ring (bicyclic) bond motifs is 2. The molecule has 13 heteroatoms. The molecule has 4 aliphatic carbocycles. The third kappa shape index (κ3) is 5.66. The number of hydrogen-bond donors (Lipinski definition) is 2. The average Bonchev–Trinajstić information content (AvgIpc) is 3.61. The first-order valence-electron chi connectivity index (χ1n) is 13.4. The van der Waals surface area contributed by atoms with E-state index in [9.17, 15) is 21.6 Å². The number of carbonyl (C=O) groups excluding carboxylic acids is 1. The van der Waals surface area contributed by atoms with Gasteiger partial charge in [0.05, 0.1) is 30.9 Å². The molecule has 2 heterocycles. The van der Waals surface area contributed by atoms with Crippen LogP contribution in [0.4, 0.5) is 0 Å². The molecule has 0 radical (unpaired) electrons. The lowest BCUT2D eigenvalue weighted by Crippen LogP contribution is -2.32. The number of amides is 1. The fourth-order valence-corrected chi connectivity index (χ4v) is 6.93. The van der Waals surface area contributed by atoms with Crippen LogP contribution in [-0.2, 0) is 56.9 Å². The van der Waals surface area contributed by atoms with E-state index in [0.29, 0.717) is 12.1 Å². The van der Waals surface area contributed by atoms with E-state index in [2.05, 4.69) is 21.0 Å². The van der Waals surface area contributed by atoms with E-state index in [0.717, 1.165) is 69.8 Å². The monoisotopic (exact) mass is 572 g/mol. The molecule has 7 rings (SSSR count). The summed E-state index contributed by atoms with van der Waals surface area (Å²) in [6.45, 7) is 0. The number of aryl methyl sites for hydroxylation is 2. The zero-order valence-electron chi connectivity index (χ0n) is 21.5. The molecule has 1 aromatic carbocycles. The largest absolute Gasteiger partial charge is 0.274 e. The summed E-state index contributed by atoms with van der Waals surface area (Å²) in [4.78, 5) is 12.8. The molecule has 208 valence electrons. The molecule has 0 bridgehead atoms. The summed E-state index contributed by atoms with van der Waals surface area (Å²) in [5.41, 5.74) is 6.35. The van der Waals surface area contributed by atoms with Crippen molar-refractivity contribution in [3.05, 3.63) is 58.7 Å². The van der Waals surface area contributed by atoms with Crippen molar-refractivity contribution in [2.24, 2.45) is 5.14 Å². The minimum Gasteiger partial charge on any atom is -0.274 e. The van der Waals surface area contributed by atoms with E-state index in [1.807, 2.05) is 0 Å². The Labute approximate surface area is 227 Å². The third-order valence-electron chi connectivity index (χ3n) is 7.82. The quantitative estimate of drug-likeness (QED) is 0.439. The van der Waals surface area contributed by atoms with Gasteiger partial charge in [-0.2, -0.15) is 10.2 Å². The van der Waals surface area contributed by atoms with E-state index in [4.69, 9.17) is 5.14 Å². The highest BCUT2D eigenvalue weighted by Gasteiger charge is 2.29. The molecule has 0 atom stereocenters. The van der Waals surface area contributed by atoms with Crippen molar-refractivity contribution in [2.75, 3.05) is 0 Å². The van der Waals surface area contributed by atoms with Crippen LogP contribution in [0.1, 0.15) is 78.4 Å². The highest BCUT2D eigenvalue weighted by molar-refractivity contribution is 7.90. The second-order valence-corrected chi connectivity index (χ2v) is 14.1. The highest BCUT2D eigenvalue weighted by Crippen LogP contribution is 2.36. The van der Waals surface area contributed by atoms with E-state index >= 15 is 0 Å². The average molecular weight is 573 g/mol. The zero-order valence-corrected chi connectivity index (χ0v) is 23.2. The van der Waals surface area contributed by atoms with Crippen LogP contribution in [0.5, 0.6) is 0 Å². The second-order valence-electron chi connectivity index (χ2n) is 10.9. The van der Waals surface area contributed by atoms with Gasteiger partial charge in [0, 0.05) is 12.4 Å². The number of primary sulfonamides is 1. The Morgan fingerprint density at radius 2 is 1.36 bits per heavy atom. The lowest BCUT2D eigenvalue weighted by atomic mass is 9.92. The zero-order chi connectivity index (χ0) is 27.4. The van der Waals surface area contributed by atoms with Crippen LogP contribution in [0.15, 0.2) is 40.6 Å². The number of nitrogens with two attached hydrogens (primary N) is 1. The fourth-order valence-electron chi connectivity index (χ4n) is 5.56. The molecule has 3 N–H and O–H groups in total. The van der Waals surface area contributed by atoms with Gasteiger partial charge in [-0.05, 0) is 92.0 Å². The first-order chi connectivity index (χ1) is 18.6. The summed E-state index contributed by atoms with van der Waals surface area (Å²) in [6.07, 6.45) is 16.3. The van der Waals surface area contributed by atoms with Gasteiger partial charge in [-0.15, -0.1) is 0 Å². The molecule has 3 aromatic rings. The summed E-state index contributed by atoms with van der Waals surface area (Å²) in [5, 5.41) is 12.9. The minimum atomic E-state index is -3.88. The predicted octanol–water partition coefficient (Wildman–Crippen LogP) is 2.11. The summed E-state index contributed by atoms with van der Waals surface area (Å²) < 4.78 is 52.4. The van der Waals surface area contributed by atoms with E-state index < -0.39 is 26.0 Å². The number of sulfonamides is 2. The summed E-state index contributed by atoms with van der Waals surface area (Å²) in [5.74, 6) is -0.455. The Morgan fingerprint density at radius 3 is 1.85 bits per heavy atom. The molecule has 0 unspecified atom stereocenters. The van der Waals surface area contributed by atoms with Crippen LogP contribution in [0.25, 0.3) is 0 Å². The summed E-state index contributed by atoms with van der Waals surface area (Å²) in [7, 11) is -7.45. The van der Waals surface area contributed by atoms with Crippen molar-refractivity contribution in [1.29, 1.82) is 0 Å². The van der Waals surface area contributed by atoms with Crippen molar-refractivity contribution >= 4 is 26.0 Å². The van der Waals surface area contributed by atoms with Gasteiger partial charge in [0.15, 0.2) is 0 Å². The van der Waals surface area contributed by atoms with E-state index in [1.165, 1.54) is 47.0 Å². The Hall–Kier alpha value is -3.03. The fraction of sp³-hybridized carbons (Fsp3) is 0.500. The maximum absolute atomic E-state index is 12.6. The lowest BCUT2D eigenvalue weighted by Gasteiger charge is -2.15. The Morgan fingerprint density at radius 1 is 0.846 bits per heavy atom. The number of benzene rings is 1. The molecule has 11 nitrogen and oxygen atoms in total.